The largest absolute Gasteiger partial charge is 0.492 e. The van der Waals surface area contributed by atoms with Gasteiger partial charge in [-0.1, -0.05) is 23.7 Å². The Balaban J connectivity index is 1.47. The summed E-state index contributed by atoms with van der Waals surface area (Å²) in [5, 5.41) is 9.39. The lowest BCUT2D eigenvalue weighted by atomic mass is 10.2. The van der Waals surface area contributed by atoms with E-state index in [4.69, 9.17) is 16.3 Å². The van der Waals surface area contributed by atoms with Crippen molar-refractivity contribution in [1.29, 1.82) is 0 Å². The van der Waals surface area contributed by atoms with E-state index in [2.05, 4.69) is 30.4 Å². The van der Waals surface area contributed by atoms with Gasteiger partial charge in [0.1, 0.15) is 11.3 Å². The van der Waals surface area contributed by atoms with Crippen LogP contribution in [-0.2, 0) is 0 Å². The quantitative estimate of drug-likeness (QED) is 0.340. The Hall–Kier alpha value is -4.04. The summed E-state index contributed by atoms with van der Waals surface area (Å²) in [6.45, 7) is 6.39. The number of aryl methyl sites for hydroxylation is 2. The average molecular weight is 472 g/mol. The van der Waals surface area contributed by atoms with Crippen LogP contribution in [0.2, 0.25) is 5.02 Å². The van der Waals surface area contributed by atoms with Crippen LogP contribution in [0.3, 0.4) is 0 Å². The number of ether oxygens (including phenoxy) is 1. The van der Waals surface area contributed by atoms with E-state index >= 15 is 0 Å². The molecule has 5 rings (SSSR count). The second-order valence-electron chi connectivity index (χ2n) is 7.66. The van der Waals surface area contributed by atoms with Crippen molar-refractivity contribution in [2.45, 2.75) is 20.8 Å². The van der Waals surface area contributed by atoms with Gasteiger partial charge < -0.3 is 4.74 Å². The van der Waals surface area contributed by atoms with E-state index in [0.717, 1.165) is 39.2 Å². The molecule has 3 heterocycles. The highest BCUT2D eigenvalue weighted by molar-refractivity contribution is 6.30. The molecule has 8 nitrogen and oxygen atoms in total. The Morgan fingerprint density at radius 2 is 1.76 bits per heavy atom. The summed E-state index contributed by atoms with van der Waals surface area (Å²) in [6.07, 6.45) is 3.64. The summed E-state index contributed by atoms with van der Waals surface area (Å²) < 4.78 is 7.56. The molecule has 3 aromatic heterocycles. The van der Waals surface area contributed by atoms with Crippen molar-refractivity contribution in [1.82, 2.24) is 29.7 Å². The summed E-state index contributed by atoms with van der Waals surface area (Å²) in [7, 11) is 0. The van der Waals surface area contributed by atoms with Gasteiger partial charge in [-0.15, -0.1) is 0 Å². The summed E-state index contributed by atoms with van der Waals surface area (Å²) in [4.78, 5) is 18.3. The Labute approximate surface area is 201 Å². The fraction of sp³-hybridized carbons (Fsp3) is 0.160. The first-order valence-electron chi connectivity index (χ1n) is 10.8. The minimum atomic E-state index is 0.392. The molecular weight excluding hydrogens is 450 g/mol. The lowest BCUT2D eigenvalue weighted by Gasteiger charge is -2.11. The molecule has 9 heteroatoms. The maximum absolute atomic E-state index is 6.01. The van der Waals surface area contributed by atoms with Crippen molar-refractivity contribution in [2.24, 2.45) is 0 Å². The van der Waals surface area contributed by atoms with Gasteiger partial charge in [-0.3, -0.25) is 5.32 Å². The van der Waals surface area contributed by atoms with Gasteiger partial charge in [0.05, 0.1) is 29.4 Å². The predicted molar refractivity (Wildman–Crippen MR) is 133 cm³/mol. The highest BCUT2D eigenvalue weighted by Gasteiger charge is 2.13. The number of nitrogens with one attached hydrogen (secondary N) is 1. The molecule has 34 heavy (non-hydrogen) atoms. The molecule has 1 N–H and O–H groups in total. The summed E-state index contributed by atoms with van der Waals surface area (Å²) in [6, 6.07) is 15.2. The molecule has 0 amide bonds. The third-order valence-electron chi connectivity index (χ3n) is 5.33. The molecule has 170 valence electrons. The van der Waals surface area contributed by atoms with E-state index in [1.165, 1.54) is 0 Å². The summed E-state index contributed by atoms with van der Waals surface area (Å²) in [5.41, 5.74) is 4.98. The topological polar surface area (TPSA) is 90.6 Å². The Morgan fingerprint density at radius 1 is 0.941 bits per heavy atom. The number of fused-ring (bicyclic) bond motifs is 1. The summed E-state index contributed by atoms with van der Waals surface area (Å²) in [5.74, 6) is 1.51. The van der Waals surface area contributed by atoms with Crippen molar-refractivity contribution in [3.8, 4) is 22.7 Å². The van der Waals surface area contributed by atoms with Crippen molar-refractivity contribution in [3.05, 3.63) is 77.3 Å². The van der Waals surface area contributed by atoms with Gasteiger partial charge in [-0.25, -0.2) is 24.6 Å². The van der Waals surface area contributed by atoms with Crippen LogP contribution >= 0.6 is 11.6 Å². The van der Waals surface area contributed by atoms with E-state index in [1.807, 2.05) is 75.5 Å². The number of halogens is 1. The van der Waals surface area contributed by atoms with Crippen LogP contribution in [0.4, 0.5) is 11.9 Å². The summed E-state index contributed by atoms with van der Waals surface area (Å²) >= 11 is 6.01. The number of aromatic nitrogens is 6. The van der Waals surface area contributed by atoms with Crippen LogP contribution < -0.4 is 10.1 Å². The maximum atomic E-state index is 6.01. The van der Waals surface area contributed by atoms with E-state index in [9.17, 15) is 0 Å². The van der Waals surface area contributed by atoms with Gasteiger partial charge >= 0.3 is 0 Å². The third kappa shape index (κ3) is 4.27. The van der Waals surface area contributed by atoms with E-state index in [1.54, 1.807) is 10.9 Å². The molecule has 0 aliphatic heterocycles. The van der Waals surface area contributed by atoms with Crippen LogP contribution in [0.25, 0.3) is 27.8 Å². The van der Waals surface area contributed by atoms with Gasteiger partial charge in [0, 0.05) is 28.4 Å². The molecule has 0 atom stereocenters. The maximum Gasteiger partial charge on any atom is 0.230 e. The minimum absolute atomic E-state index is 0.392. The molecule has 0 radical (unpaired) electrons. The lowest BCUT2D eigenvalue weighted by Crippen LogP contribution is -2.04. The molecule has 2 aromatic carbocycles. The normalized spacial score (nSPS) is 11.1. The molecule has 0 aliphatic rings. The highest BCUT2D eigenvalue weighted by atomic mass is 35.5. The second kappa shape index (κ2) is 9.07. The van der Waals surface area contributed by atoms with Gasteiger partial charge in [0.25, 0.3) is 0 Å². The van der Waals surface area contributed by atoms with Crippen molar-refractivity contribution >= 4 is 34.4 Å². The third-order valence-corrected chi connectivity index (χ3v) is 5.58. The van der Waals surface area contributed by atoms with Crippen LogP contribution in [0.1, 0.15) is 18.3 Å². The van der Waals surface area contributed by atoms with E-state index in [-0.39, 0.29) is 0 Å². The Bertz CT molecular complexity index is 1480. The molecule has 0 saturated heterocycles. The number of para-hydroxylation sites is 1. The zero-order valence-corrected chi connectivity index (χ0v) is 19.7. The highest BCUT2D eigenvalue weighted by Crippen LogP contribution is 2.28. The van der Waals surface area contributed by atoms with Gasteiger partial charge in [0.15, 0.2) is 0 Å². The first-order chi connectivity index (χ1) is 16.5. The Morgan fingerprint density at radius 3 is 2.56 bits per heavy atom. The van der Waals surface area contributed by atoms with E-state index in [0.29, 0.717) is 29.3 Å². The fourth-order valence-corrected chi connectivity index (χ4v) is 3.84. The second-order valence-corrected chi connectivity index (χ2v) is 8.09. The smallest absolute Gasteiger partial charge is 0.230 e. The van der Waals surface area contributed by atoms with Crippen molar-refractivity contribution < 1.29 is 4.74 Å². The first kappa shape index (κ1) is 21.8. The molecular formula is C25H22ClN7O. The first-order valence-corrected chi connectivity index (χ1v) is 11.2. The minimum Gasteiger partial charge on any atom is -0.492 e. The monoisotopic (exact) mass is 471 g/mol. The molecule has 0 spiro atoms. The Kier molecular flexibility index (Phi) is 5.81. The SMILES string of the molecule is CCOc1cccc2c(C)nc(Nc3nccc(-c4cn(-c5ccc(Cl)cc5)nc4C)n3)nc12. The number of benzene rings is 2. The van der Waals surface area contributed by atoms with Crippen LogP contribution in [-0.4, -0.2) is 36.3 Å². The molecule has 0 saturated carbocycles. The zero-order chi connectivity index (χ0) is 23.7. The predicted octanol–water partition coefficient (Wildman–Crippen LogP) is 5.69. The number of hydrogen-bond acceptors (Lipinski definition) is 7. The molecule has 0 bridgehead atoms. The number of hydrogen-bond donors (Lipinski definition) is 1. The molecule has 0 unspecified atom stereocenters. The van der Waals surface area contributed by atoms with Crippen LogP contribution in [0.15, 0.2) is 60.9 Å². The standard InChI is InChI=1S/C25H22ClN7O/c1-4-34-22-7-5-6-19-15(2)28-25(30-23(19)22)31-24-27-13-12-21(29-24)20-14-33(32-16(20)3)18-10-8-17(26)9-11-18/h5-14H,4H2,1-3H3,(H,27,28,29,30,31). The number of rotatable bonds is 6. The zero-order valence-electron chi connectivity index (χ0n) is 19.0. The van der Waals surface area contributed by atoms with Crippen molar-refractivity contribution in [2.75, 3.05) is 11.9 Å². The number of anilines is 2. The van der Waals surface area contributed by atoms with E-state index < -0.39 is 0 Å². The fourth-order valence-electron chi connectivity index (χ4n) is 3.71. The average Bonchev–Trinajstić information content (AvgIpc) is 3.22. The molecule has 5 aromatic rings. The van der Waals surface area contributed by atoms with Crippen LogP contribution in [0, 0.1) is 13.8 Å². The van der Waals surface area contributed by atoms with Crippen molar-refractivity contribution in [3.63, 3.8) is 0 Å². The van der Waals surface area contributed by atoms with Gasteiger partial charge in [-0.05, 0) is 57.2 Å². The molecule has 0 aliphatic carbocycles. The van der Waals surface area contributed by atoms with Gasteiger partial charge in [0.2, 0.25) is 11.9 Å². The lowest BCUT2D eigenvalue weighted by molar-refractivity contribution is 0.343. The number of nitrogens with zero attached hydrogens (tertiary/aromatic N) is 6. The molecule has 0 fully saturated rings. The van der Waals surface area contributed by atoms with Gasteiger partial charge in [-0.2, -0.15) is 5.10 Å². The van der Waals surface area contributed by atoms with Crippen LogP contribution in [0.5, 0.6) is 5.75 Å².